The predicted octanol–water partition coefficient (Wildman–Crippen LogP) is 4.64. The van der Waals surface area contributed by atoms with E-state index < -0.39 is 12.0 Å². The summed E-state index contributed by atoms with van der Waals surface area (Å²) < 4.78 is 0. The maximum absolute atomic E-state index is 13.8. The predicted molar refractivity (Wildman–Crippen MR) is 137 cm³/mol. The number of fused-ring (bicyclic) bond motifs is 1. The Morgan fingerprint density at radius 2 is 1.88 bits per heavy atom. The molecule has 0 aliphatic heterocycles. The zero-order valence-corrected chi connectivity index (χ0v) is 20.1. The molecular weight excluding hydrogens is 452 g/mol. The Morgan fingerprint density at radius 1 is 1.18 bits per heavy atom. The lowest BCUT2D eigenvalue weighted by Gasteiger charge is -2.33. The zero-order valence-electron chi connectivity index (χ0n) is 19.3. The maximum Gasteiger partial charge on any atom is 0.263 e. The minimum absolute atomic E-state index is 0.180. The number of halogens is 1. The first-order valence-corrected chi connectivity index (χ1v) is 11.1. The van der Waals surface area contributed by atoms with Crippen molar-refractivity contribution in [1.29, 1.82) is 0 Å². The van der Waals surface area contributed by atoms with Crippen molar-refractivity contribution in [3.05, 3.63) is 89.4 Å². The van der Waals surface area contributed by atoms with Crippen molar-refractivity contribution in [3.63, 3.8) is 0 Å². The van der Waals surface area contributed by atoms with Crippen molar-refractivity contribution < 1.29 is 4.79 Å². The number of aromatic amines is 1. The van der Waals surface area contributed by atoms with E-state index in [0.717, 1.165) is 0 Å². The van der Waals surface area contributed by atoms with E-state index >= 15 is 0 Å². The number of benzene rings is 1. The SMILES string of the molecule is C=C(Cl)C(C(=O)N(C(=C)[C@H](C)Nc1ncnc2nc[nH]c(=O)c12)c1ccccc1)C(C)/C=C\C. The summed E-state index contributed by atoms with van der Waals surface area (Å²) in [5, 5.41) is 3.64. The first-order chi connectivity index (χ1) is 16.3. The number of carbonyl (C=O) groups is 1. The van der Waals surface area contributed by atoms with Gasteiger partial charge in [-0.25, -0.2) is 15.0 Å². The van der Waals surface area contributed by atoms with Crippen LogP contribution in [0.15, 0.2) is 83.8 Å². The van der Waals surface area contributed by atoms with Crippen LogP contribution in [0.25, 0.3) is 11.0 Å². The van der Waals surface area contributed by atoms with Crippen LogP contribution >= 0.6 is 11.6 Å². The summed E-state index contributed by atoms with van der Waals surface area (Å²) in [6, 6.07) is 8.68. The molecule has 2 unspecified atom stereocenters. The standard InChI is InChI=1S/C25H27ClN6O2/c1-6-10-15(2)20(16(3)26)25(34)32(19-11-8-7-9-12-19)18(5)17(4)31-23-21-22(27-13-29-23)28-14-30-24(21)33/h6-15,17,20H,3,5H2,1-2,4H3,(H2,27,28,29,30,31,33)/b10-6-/t15?,17-,20?/m0/s1. The second-order valence-electron chi connectivity index (χ2n) is 7.83. The zero-order chi connectivity index (χ0) is 24.8. The highest BCUT2D eigenvalue weighted by Gasteiger charge is 2.33. The van der Waals surface area contributed by atoms with Crippen molar-refractivity contribution in [2.45, 2.75) is 26.8 Å². The van der Waals surface area contributed by atoms with E-state index in [1.54, 1.807) is 0 Å². The monoisotopic (exact) mass is 478 g/mol. The number of amides is 1. The van der Waals surface area contributed by atoms with Gasteiger partial charge in [0.25, 0.3) is 5.56 Å². The van der Waals surface area contributed by atoms with Gasteiger partial charge in [0.05, 0.1) is 18.3 Å². The Hall–Kier alpha value is -3.78. The van der Waals surface area contributed by atoms with Crippen LogP contribution in [0.5, 0.6) is 0 Å². The first-order valence-electron chi connectivity index (χ1n) is 10.8. The number of carbonyl (C=O) groups excluding carboxylic acids is 1. The summed E-state index contributed by atoms with van der Waals surface area (Å²) in [5.74, 6) is -0.828. The summed E-state index contributed by atoms with van der Waals surface area (Å²) in [6.45, 7) is 13.7. The van der Waals surface area contributed by atoms with E-state index in [2.05, 4.69) is 38.4 Å². The first kappa shape index (κ1) is 24.9. The van der Waals surface area contributed by atoms with Gasteiger partial charge in [0.15, 0.2) is 5.65 Å². The number of para-hydroxylation sites is 1. The van der Waals surface area contributed by atoms with Crippen molar-refractivity contribution in [2.75, 3.05) is 10.2 Å². The Bertz CT molecular complexity index is 1280. The molecule has 3 atom stereocenters. The fraction of sp³-hybridized carbons (Fsp3) is 0.240. The smallest absolute Gasteiger partial charge is 0.263 e. The molecule has 2 aromatic heterocycles. The molecule has 0 fully saturated rings. The van der Waals surface area contributed by atoms with Crippen LogP contribution < -0.4 is 15.8 Å². The third-order valence-electron chi connectivity index (χ3n) is 5.44. The van der Waals surface area contributed by atoms with Crippen LogP contribution in [0.3, 0.4) is 0 Å². The second kappa shape index (κ2) is 10.9. The molecule has 0 aliphatic carbocycles. The molecule has 0 spiro atoms. The molecule has 3 aromatic rings. The number of rotatable bonds is 9. The van der Waals surface area contributed by atoms with E-state index in [9.17, 15) is 9.59 Å². The van der Waals surface area contributed by atoms with Crippen LogP contribution in [0.1, 0.15) is 20.8 Å². The minimum Gasteiger partial charge on any atom is -0.361 e. The number of hydrogen-bond donors (Lipinski definition) is 2. The van der Waals surface area contributed by atoms with Crippen molar-refractivity contribution >= 4 is 40.0 Å². The van der Waals surface area contributed by atoms with Gasteiger partial charge < -0.3 is 10.3 Å². The average Bonchev–Trinajstić information content (AvgIpc) is 2.80. The summed E-state index contributed by atoms with van der Waals surface area (Å²) in [4.78, 5) is 42.6. The van der Waals surface area contributed by atoms with E-state index in [4.69, 9.17) is 11.6 Å². The van der Waals surface area contributed by atoms with Gasteiger partial charge in [-0.05, 0) is 31.9 Å². The number of aromatic nitrogens is 4. The molecule has 1 aromatic carbocycles. The summed E-state index contributed by atoms with van der Waals surface area (Å²) in [7, 11) is 0. The Labute approximate surface area is 203 Å². The number of nitrogens with zero attached hydrogens (tertiary/aromatic N) is 4. The average molecular weight is 479 g/mol. The van der Waals surface area contributed by atoms with E-state index in [0.29, 0.717) is 11.4 Å². The van der Waals surface area contributed by atoms with Gasteiger partial charge >= 0.3 is 0 Å². The van der Waals surface area contributed by atoms with Gasteiger partial charge in [0.1, 0.15) is 17.5 Å². The van der Waals surface area contributed by atoms with Crippen molar-refractivity contribution in [2.24, 2.45) is 11.8 Å². The van der Waals surface area contributed by atoms with E-state index in [-0.39, 0.29) is 39.3 Å². The van der Waals surface area contributed by atoms with Crippen molar-refractivity contribution in [1.82, 2.24) is 19.9 Å². The maximum atomic E-state index is 13.8. The van der Waals surface area contributed by atoms with Gasteiger partial charge in [0.2, 0.25) is 5.91 Å². The minimum atomic E-state index is -0.672. The molecule has 0 aliphatic rings. The van der Waals surface area contributed by atoms with Crippen molar-refractivity contribution in [3.8, 4) is 0 Å². The number of anilines is 2. The molecule has 1 amide bonds. The molecule has 2 heterocycles. The molecule has 2 N–H and O–H groups in total. The van der Waals surface area contributed by atoms with Gasteiger partial charge in [-0.2, -0.15) is 0 Å². The molecule has 0 saturated carbocycles. The highest BCUT2D eigenvalue weighted by molar-refractivity contribution is 6.31. The number of nitrogens with one attached hydrogen (secondary N) is 2. The largest absolute Gasteiger partial charge is 0.361 e. The molecule has 3 rings (SSSR count). The summed E-state index contributed by atoms with van der Waals surface area (Å²) in [6.07, 6.45) is 6.39. The number of allylic oxidation sites excluding steroid dienone is 2. The molecule has 34 heavy (non-hydrogen) atoms. The molecular formula is C25H27ClN6O2. The highest BCUT2D eigenvalue weighted by atomic mass is 35.5. The number of H-pyrrole nitrogens is 1. The Morgan fingerprint density at radius 3 is 2.53 bits per heavy atom. The Balaban J connectivity index is 2.01. The van der Waals surface area contributed by atoms with Crippen LogP contribution in [-0.2, 0) is 4.79 Å². The normalized spacial score (nSPS) is 13.9. The Kier molecular flexibility index (Phi) is 7.96. The van der Waals surface area contributed by atoms with Crippen LogP contribution in [0.4, 0.5) is 11.5 Å². The van der Waals surface area contributed by atoms with Gasteiger partial charge in [0, 0.05) is 16.4 Å². The van der Waals surface area contributed by atoms with Gasteiger partial charge in [-0.1, -0.05) is 62.0 Å². The van der Waals surface area contributed by atoms with Gasteiger partial charge in [-0.3, -0.25) is 14.5 Å². The van der Waals surface area contributed by atoms with Gasteiger partial charge in [-0.15, -0.1) is 0 Å². The molecule has 0 saturated heterocycles. The molecule has 8 nitrogen and oxygen atoms in total. The van der Waals surface area contributed by atoms with Crippen LogP contribution in [0, 0.1) is 11.8 Å². The fourth-order valence-electron chi connectivity index (χ4n) is 3.71. The highest BCUT2D eigenvalue weighted by Crippen LogP contribution is 2.31. The topological polar surface area (TPSA) is 104 Å². The number of hydrogen-bond acceptors (Lipinski definition) is 6. The lowest BCUT2D eigenvalue weighted by molar-refractivity contribution is -0.121. The second-order valence-corrected chi connectivity index (χ2v) is 8.31. The molecule has 0 bridgehead atoms. The van der Waals surface area contributed by atoms with E-state index in [1.807, 2.05) is 63.3 Å². The quantitative estimate of drug-likeness (QED) is 0.434. The fourth-order valence-corrected chi connectivity index (χ4v) is 4.00. The third-order valence-corrected chi connectivity index (χ3v) is 5.67. The molecule has 176 valence electrons. The summed E-state index contributed by atoms with van der Waals surface area (Å²) >= 11 is 6.31. The molecule has 0 radical (unpaired) electrons. The molecule has 9 heteroatoms. The third kappa shape index (κ3) is 5.23. The van der Waals surface area contributed by atoms with E-state index in [1.165, 1.54) is 17.6 Å². The summed E-state index contributed by atoms with van der Waals surface area (Å²) in [5.41, 5.74) is 0.960. The van der Waals surface area contributed by atoms with Crippen LogP contribution in [-0.4, -0.2) is 31.9 Å². The van der Waals surface area contributed by atoms with Crippen LogP contribution in [0.2, 0.25) is 0 Å². The lowest BCUT2D eigenvalue weighted by atomic mass is 9.91. The lowest BCUT2D eigenvalue weighted by Crippen LogP contribution is -2.42.